The standard InChI is InChI=1S/C10H13N/c1-8-3-4-10-9(7-8)5-6-11(10)2/h5-7H,3-4H2,1-2H3. The van der Waals surface area contributed by atoms with Crippen LogP contribution in [-0.2, 0) is 13.5 Å². The van der Waals surface area contributed by atoms with Crippen molar-refractivity contribution in [2.45, 2.75) is 19.8 Å². The summed E-state index contributed by atoms with van der Waals surface area (Å²) in [6.45, 7) is 2.20. The lowest BCUT2D eigenvalue weighted by atomic mass is 9.99. The Bertz CT molecular complexity index is 305. The summed E-state index contributed by atoms with van der Waals surface area (Å²) < 4.78 is 2.22. The van der Waals surface area contributed by atoms with Crippen molar-refractivity contribution < 1.29 is 0 Å². The van der Waals surface area contributed by atoms with Crippen molar-refractivity contribution in [1.82, 2.24) is 4.57 Å². The predicted molar refractivity (Wildman–Crippen MR) is 47.4 cm³/mol. The van der Waals surface area contributed by atoms with Crippen LogP contribution >= 0.6 is 0 Å². The van der Waals surface area contributed by atoms with Gasteiger partial charge in [0, 0.05) is 18.9 Å². The first-order chi connectivity index (χ1) is 5.27. The molecule has 0 saturated carbocycles. The van der Waals surface area contributed by atoms with Crippen LogP contribution in [0.3, 0.4) is 0 Å². The van der Waals surface area contributed by atoms with Crippen LogP contribution in [0.5, 0.6) is 0 Å². The number of aryl methyl sites for hydroxylation is 1. The van der Waals surface area contributed by atoms with Crippen LogP contribution in [0.25, 0.3) is 6.08 Å². The van der Waals surface area contributed by atoms with Gasteiger partial charge in [0.1, 0.15) is 0 Å². The molecule has 0 unspecified atom stereocenters. The van der Waals surface area contributed by atoms with Crippen LogP contribution in [0.15, 0.2) is 17.8 Å². The van der Waals surface area contributed by atoms with Gasteiger partial charge in [-0.2, -0.15) is 0 Å². The highest BCUT2D eigenvalue weighted by Crippen LogP contribution is 2.23. The summed E-state index contributed by atoms with van der Waals surface area (Å²) >= 11 is 0. The van der Waals surface area contributed by atoms with Crippen molar-refractivity contribution in [3.05, 3.63) is 29.1 Å². The SMILES string of the molecule is CC1=Cc2ccn(C)c2CC1. The van der Waals surface area contributed by atoms with Crippen molar-refractivity contribution in [3.8, 4) is 0 Å². The Morgan fingerprint density at radius 3 is 3.00 bits per heavy atom. The van der Waals surface area contributed by atoms with Crippen LogP contribution in [0.4, 0.5) is 0 Å². The molecule has 0 amide bonds. The van der Waals surface area contributed by atoms with E-state index >= 15 is 0 Å². The summed E-state index contributed by atoms with van der Waals surface area (Å²) in [7, 11) is 2.12. The topological polar surface area (TPSA) is 4.93 Å². The van der Waals surface area contributed by atoms with Crippen LogP contribution < -0.4 is 0 Å². The van der Waals surface area contributed by atoms with E-state index in [9.17, 15) is 0 Å². The Morgan fingerprint density at radius 1 is 1.36 bits per heavy atom. The van der Waals surface area contributed by atoms with Crippen molar-refractivity contribution in [2.75, 3.05) is 0 Å². The molecule has 0 N–H and O–H groups in total. The summed E-state index contributed by atoms with van der Waals surface area (Å²) in [4.78, 5) is 0. The first-order valence-electron chi connectivity index (χ1n) is 4.09. The lowest BCUT2D eigenvalue weighted by molar-refractivity contribution is 0.788. The monoisotopic (exact) mass is 147 g/mol. The Balaban J connectivity index is 2.53. The number of fused-ring (bicyclic) bond motifs is 1. The van der Waals surface area contributed by atoms with E-state index in [1.807, 2.05) is 0 Å². The Kier molecular flexibility index (Phi) is 1.38. The fraction of sp³-hybridized carbons (Fsp3) is 0.400. The normalized spacial score (nSPS) is 16.0. The van der Waals surface area contributed by atoms with Gasteiger partial charge in [-0.3, -0.25) is 0 Å². The minimum Gasteiger partial charge on any atom is -0.354 e. The van der Waals surface area contributed by atoms with Crippen LogP contribution in [0, 0.1) is 0 Å². The van der Waals surface area contributed by atoms with Gasteiger partial charge in [0.2, 0.25) is 0 Å². The smallest absolute Gasteiger partial charge is 0.0247 e. The molecule has 0 fully saturated rings. The third-order valence-corrected chi connectivity index (χ3v) is 2.39. The van der Waals surface area contributed by atoms with Crippen LogP contribution in [-0.4, -0.2) is 4.57 Å². The molecule has 0 bridgehead atoms. The maximum absolute atomic E-state index is 2.29. The number of allylic oxidation sites excluding steroid dienone is 1. The van der Waals surface area contributed by atoms with Gasteiger partial charge in [-0.25, -0.2) is 0 Å². The number of hydrogen-bond donors (Lipinski definition) is 0. The molecule has 11 heavy (non-hydrogen) atoms. The maximum atomic E-state index is 2.29. The predicted octanol–water partition coefficient (Wildman–Crippen LogP) is 2.37. The van der Waals surface area contributed by atoms with E-state index in [1.54, 1.807) is 0 Å². The molecule has 0 radical (unpaired) electrons. The molecule has 0 spiro atoms. The minimum absolute atomic E-state index is 1.21. The largest absolute Gasteiger partial charge is 0.354 e. The highest BCUT2D eigenvalue weighted by atomic mass is 14.9. The molecular weight excluding hydrogens is 134 g/mol. The maximum Gasteiger partial charge on any atom is 0.0247 e. The lowest BCUT2D eigenvalue weighted by Gasteiger charge is -2.11. The van der Waals surface area contributed by atoms with Crippen molar-refractivity contribution >= 4 is 6.08 Å². The first-order valence-corrected chi connectivity index (χ1v) is 4.09. The molecule has 1 aromatic rings. The van der Waals surface area contributed by atoms with Gasteiger partial charge < -0.3 is 4.57 Å². The molecule has 2 rings (SSSR count). The lowest BCUT2D eigenvalue weighted by Crippen LogP contribution is -2.01. The molecule has 58 valence electrons. The second-order valence-corrected chi connectivity index (χ2v) is 3.32. The van der Waals surface area contributed by atoms with Gasteiger partial charge >= 0.3 is 0 Å². The van der Waals surface area contributed by atoms with E-state index < -0.39 is 0 Å². The number of nitrogens with zero attached hydrogens (tertiary/aromatic N) is 1. The van der Waals surface area contributed by atoms with Gasteiger partial charge in [-0.05, 0) is 31.4 Å². The average Bonchev–Trinajstić information content (AvgIpc) is 2.32. The molecule has 1 aliphatic rings. The van der Waals surface area contributed by atoms with Crippen LogP contribution in [0.1, 0.15) is 24.6 Å². The van der Waals surface area contributed by atoms with Gasteiger partial charge in [0.05, 0.1) is 0 Å². The molecule has 1 aromatic heterocycles. The Hall–Kier alpha value is -0.980. The van der Waals surface area contributed by atoms with E-state index in [0.29, 0.717) is 0 Å². The van der Waals surface area contributed by atoms with Gasteiger partial charge in [-0.1, -0.05) is 11.6 Å². The van der Waals surface area contributed by atoms with E-state index in [4.69, 9.17) is 0 Å². The Labute approximate surface area is 67.3 Å². The highest BCUT2D eigenvalue weighted by molar-refractivity contribution is 5.57. The summed E-state index contributed by atoms with van der Waals surface area (Å²) in [5.74, 6) is 0. The molecule has 0 saturated heterocycles. The van der Waals surface area contributed by atoms with Crippen LogP contribution in [0.2, 0.25) is 0 Å². The average molecular weight is 147 g/mol. The third-order valence-electron chi connectivity index (χ3n) is 2.39. The van der Waals surface area contributed by atoms with Crippen molar-refractivity contribution in [2.24, 2.45) is 7.05 Å². The minimum atomic E-state index is 1.21. The molecule has 1 aliphatic carbocycles. The second-order valence-electron chi connectivity index (χ2n) is 3.32. The molecule has 0 atom stereocenters. The van der Waals surface area contributed by atoms with Crippen molar-refractivity contribution in [1.29, 1.82) is 0 Å². The summed E-state index contributed by atoms with van der Waals surface area (Å²) in [5, 5.41) is 0. The van der Waals surface area contributed by atoms with Gasteiger partial charge in [0.25, 0.3) is 0 Å². The summed E-state index contributed by atoms with van der Waals surface area (Å²) in [6.07, 6.45) is 6.87. The highest BCUT2D eigenvalue weighted by Gasteiger charge is 2.09. The first kappa shape index (κ1) is 6.71. The summed E-state index contributed by atoms with van der Waals surface area (Å²) in [6, 6.07) is 2.19. The molecule has 1 nitrogen and oxygen atoms in total. The van der Waals surface area contributed by atoms with Gasteiger partial charge in [0.15, 0.2) is 0 Å². The van der Waals surface area contributed by atoms with E-state index in [-0.39, 0.29) is 0 Å². The molecule has 1 heterocycles. The number of aromatic nitrogens is 1. The van der Waals surface area contributed by atoms with E-state index in [0.717, 1.165) is 0 Å². The number of rotatable bonds is 0. The quantitative estimate of drug-likeness (QED) is 0.531. The fourth-order valence-electron chi connectivity index (χ4n) is 1.69. The van der Waals surface area contributed by atoms with Crippen molar-refractivity contribution in [3.63, 3.8) is 0 Å². The third kappa shape index (κ3) is 1.01. The number of hydrogen-bond acceptors (Lipinski definition) is 0. The zero-order valence-electron chi connectivity index (χ0n) is 7.09. The zero-order chi connectivity index (χ0) is 7.84. The molecule has 0 aromatic carbocycles. The van der Waals surface area contributed by atoms with Gasteiger partial charge in [-0.15, -0.1) is 0 Å². The zero-order valence-corrected chi connectivity index (χ0v) is 7.09. The Morgan fingerprint density at radius 2 is 2.18 bits per heavy atom. The molecule has 0 aliphatic heterocycles. The van der Waals surface area contributed by atoms with E-state index in [2.05, 4.69) is 36.9 Å². The molecular formula is C10H13N. The molecule has 1 heteroatoms. The van der Waals surface area contributed by atoms with E-state index in [1.165, 1.54) is 29.7 Å². The second kappa shape index (κ2) is 2.26. The fourth-order valence-corrected chi connectivity index (χ4v) is 1.69. The summed E-state index contributed by atoms with van der Waals surface area (Å²) in [5.41, 5.74) is 4.40.